The summed E-state index contributed by atoms with van der Waals surface area (Å²) >= 11 is 1.16. The number of carboxylic acids is 1. The zero-order valence-corrected chi connectivity index (χ0v) is 58.2. The van der Waals surface area contributed by atoms with E-state index < -0.39 is 135 Å². The Kier molecular flexibility index (Phi) is 32.8. The highest BCUT2D eigenvalue weighted by Gasteiger charge is 2.46. The molecule has 4 aliphatic rings. The molecule has 4 fully saturated rings. The predicted molar refractivity (Wildman–Crippen MR) is 363 cm³/mol. The lowest BCUT2D eigenvalue weighted by Crippen LogP contribution is -2.62. The van der Waals surface area contributed by atoms with Crippen LogP contribution in [0.15, 0.2) is 29.3 Å². The van der Waals surface area contributed by atoms with E-state index in [1.54, 1.807) is 51.7 Å². The van der Waals surface area contributed by atoms with E-state index in [1.165, 1.54) is 21.9 Å². The zero-order valence-electron chi connectivity index (χ0n) is 56.5. The van der Waals surface area contributed by atoms with Crippen LogP contribution in [0.2, 0.25) is 0 Å². The molecule has 1 aromatic rings. The minimum absolute atomic E-state index is 0.0301. The number of hydrogen-bond donors (Lipinski definition) is 14. The third-order valence-electron chi connectivity index (χ3n) is 17.6. The summed E-state index contributed by atoms with van der Waals surface area (Å²) in [6.45, 7) is 9.91. The standard InChI is InChI=1S/C63H105FN16O15S2/c1-38(2)35-46(60(90)91)74-57(87)51(63(3,4)5)77-53(83)45(36-39-12-14-42(81)15-13-39)73-54(84)47-10-7-24-79(47)58(88)44(9-6-21-71-61(66)67)72-56(86)49(41-18-26-78(27-19-41)62(68)69)75-55(85)48-11-8-25-80(48)59(89)50(40-16-22-70-23-17-40)76-52(82)43(65)37-96-32-34-97(92,93)33-31-95-30-29-94-28-20-64/h12-15,38,40-41,43-51,70,81H,6-11,16-37,65H2,1-5H3,(H3,68,69)(H,72,86)(H,73,84)(H,74,87)(H,75,85)(H,76,82)(H,77,83)(H,90,91)(H4,66,67,71)/t43-,44-,45-,46-,47-,48-,49?,50?,51?/m0/s1/i64-1. The SMILES string of the molecule is CC(C)C[C@H](NC(=O)C(NC(=O)[C@H](Cc1ccc(O)cc1)NC(=O)[C@@H]1CCCN1C(=O)[C@H](CCCN=C(N)N)NC(=O)C(NC(=O)[C@@H]1CCCN1C(=O)C(NC(=O)[C@@H](N)CSCCS(=O)(=O)CCOCCOCC[18F])C1CCNCC1)C1CCN(C(=N)N)CC1)C(C)(C)C)C(=O)O. The fourth-order valence-electron chi connectivity index (χ4n) is 12.3. The molecule has 9 atom stereocenters. The van der Waals surface area contributed by atoms with Crippen LogP contribution in [0.25, 0.3) is 0 Å². The van der Waals surface area contributed by atoms with Crippen molar-refractivity contribution in [2.75, 3.05) is 102 Å². The first kappa shape index (κ1) is 80.5. The number of alkyl halides is 1. The van der Waals surface area contributed by atoms with E-state index in [2.05, 4.69) is 42.2 Å². The number of carbonyl (C=O) groups is 9. The number of guanidine groups is 2. The van der Waals surface area contributed by atoms with E-state index in [9.17, 15) is 56.6 Å². The summed E-state index contributed by atoms with van der Waals surface area (Å²) in [5.41, 5.74) is 23.1. The number of nitrogens with two attached hydrogens (primary N) is 4. The number of benzene rings is 1. The van der Waals surface area contributed by atoms with E-state index in [0.717, 1.165) is 11.8 Å². The van der Waals surface area contributed by atoms with E-state index in [0.29, 0.717) is 44.3 Å². The molecule has 0 saturated carbocycles. The first-order valence-electron chi connectivity index (χ1n) is 33.4. The maximum absolute atomic E-state index is 15.2. The smallest absolute Gasteiger partial charge is 0.326 e. The van der Waals surface area contributed by atoms with Crippen molar-refractivity contribution in [1.82, 2.24) is 51.9 Å². The van der Waals surface area contributed by atoms with Crippen molar-refractivity contribution in [3.63, 3.8) is 0 Å². The Morgan fingerprint density at radius 2 is 1.31 bits per heavy atom. The van der Waals surface area contributed by atoms with Gasteiger partial charge in [0.1, 0.15) is 60.8 Å². The van der Waals surface area contributed by atoms with Crippen LogP contribution in [0.4, 0.5) is 4.39 Å². The lowest BCUT2D eigenvalue weighted by atomic mass is 9.85. The highest BCUT2D eigenvalue weighted by atomic mass is 32.2. The van der Waals surface area contributed by atoms with E-state index in [-0.39, 0.29) is 163 Å². The number of phenols is 1. The number of nitrogens with one attached hydrogen (secondary N) is 8. The minimum atomic E-state index is -3.52. The van der Waals surface area contributed by atoms with Crippen LogP contribution in [-0.4, -0.2) is 255 Å². The predicted octanol–water partition coefficient (Wildman–Crippen LogP) is -1.86. The van der Waals surface area contributed by atoms with Gasteiger partial charge in [0.05, 0.1) is 44.0 Å². The van der Waals surface area contributed by atoms with E-state index in [4.69, 9.17) is 37.8 Å². The summed E-state index contributed by atoms with van der Waals surface area (Å²) in [7, 11) is -3.52. The largest absolute Gasteiger partial charge is 0.508 e. The topological polar surface area (TPSA) is 481 Å². The Hall–Kier alpha value is -7.14. The van der Waals surface area contributed by atoms with Crippen LogP contribution in [0.1, 0.15) is 111 Å². The van der Waals surface area contributed by atoms with Crippen molar-refractivity contribution in [2.45, 2.75) is 166 Å². The van der Waals surface area contributed by atoms with Gasteiger partial charge in [0.25, 0.3) is 0 Å². The molecule has 34 heteroatoms. The Labute approximate surface area is 571 Å². The third-order valence-corrected chi connectivity index (χ3v) is 20.6. The number of likely N-dealkylation sites (tertiary alicyclic amines) is 3. The zero-order chi connectivity index (χ0) is 71.6. The van der Waals surface area contributed by atoms with Crippen LogP contribution in [0.5, 0.6) is 5.75 Å². The van der Waals surface area contributed by atoms with Crippen molar-refractivity contribution in [2.24, 2.45) is 51.1 Å². The van der Waals surface area contributed by atoms with Gasteiger partial charge in [-0.3, -0.25) is 48.8 Å². The lowest BCUT2D eigenvalue weighted by Gasteiger charge is -2.38. The Balaban J connectivity index is 1.36. The van der Waals surface area contributed by atoms with Gasteiger partial charge in [0.15, 0.2) is 21.8 Å². The molecule has 0 spiro atoms. The minimum Gasteiger partial charge on any atom is -0.508 e. The van der Waals surface area contributed by atoms with Gasteiger partial charge >= 0.3 is 5.97 Å². The number of aliphatic imine (C=N–C) groups is 1. The van der Waals surface area contributed by atoms with Crippen molar-refractivity contribution in [1.29, 1.82) is 5.41 Å². The molecule has 3 unspecified atom stereocenters. The van der Waals surface area contributed by atoms with Gasteiger partial charge in [0.2, 0.25) is 47.3 Å². The van der Waals surface area contributed by atoms with Gasteiger partial charge in [-0.1, -0.05) is 46.8 Å². The van der Waals surface area contributed by atoms with Gasteiger partial charge in [-0.25, -0.2) is 17.6 Å². The first-order chi connectivity index (χ1) is 45.9. The van der Waals surface area contributed by atoms with Crippen molar-refractivity contribution >= 4 is 86.7 Å². The molecule has 0 bridgehead atoms. The lowest BCUT2D eigenvalue weighted by molar-refractivity contribution is -0.144. The summed E-state index contributed by atoms with van der Waals surface area (Å²) in [6, 6.07) is -5.29. The number of phenolic OH excluding ortho intramolecular Hbond substituents is 1. The van der Waals surface area contributed by atoms with Gasteiger partial charge < -0.3 is 94.5 Å². The molecular formula is C63H105FN16O15S2. The normalized spacial score (nSPS) is 19.3. The number of piperidine rings is 2. The third kappa shape index (κ3) is 26.2. The number of aliphatic carboxylic acids is 1. The molecule has 1 aromatic carbocycles. The monoisotopic (exact) mass is 1410 g/mol. The molecule has 0 aromatic heterocycles. The average molecular weight is 1410 g/mol. The summed E-state index contributed by atoms with van der Waals surface area (Å²) < 4.78 is 47.8. The van der Waals surface area contributed by atoms with Crippen LogP contribution in [0, 0.1) is 28.6 Å². The molecule has 4 saturated heterocycles. The number of sulfone groups is 1. The van der Waals surface area contributed by atoms with Crippen LogP contribution in [0.3, 0.4) is 0 Å². The summed E-state index contributed by atoms with van der Waals surface area (Å²) in [6.07, 6.45) is 2.63. The fourth-order valence-corrected chi connectivity index (χ4v) is 14.9. The molecule has 18 N–H and O–H groups in total. The van der Waals surface area contributed by atoms with Gasteiger partial charge in [-0.15, -0.1) is 0 Å². The van der Waals surface area contributed by atoms with Crippen molar-refractivity contribution in [3.8, 4) is 5.75 Å². The van der Waals surface area contributed by atoms with E-state index in [1.807, 2.05) is 0 Å². The molecule has 0 aliphatic carbocycles. The summed E-state index contributed by atoms with van der Waals surface area (Å²) in [5.74, 6) is -8.66. The van der Waals surface area contributed by atoms with Gasteiger partial charge in [0, 0.05) is 50.7 Å². The van der Waals surface area contributed by atoms with E-state index >= 15 is 9.59 Å². The molecule has 5 rings (SSSR count). The molecule has 0 radical (unpaired) electrons. The number of carbonyl (C=O) groups excluding carboxylic acids is 8. The number of amides is 8. The highest BCUT2D eigenvalue weighted by Crippen LogP contribution is 2.28. The molecular weight excluding hydrogens is 1300 g/mol. The number of hydrogen-bond acceptors (Lipinski definition) is 19. The Bertz CT molecular complexity index is 2950. The number of ether oxygens (including phenoxy) is 2. The van der Waals surface area contributed by atoms with Crippen LogP contribution >= 0.6 is 11.8 Å². The fraction of sp³-hybridized carbons (Fsp3) is 0.730. The number of rotatable bonds is 38. The Morgan fingerprint density at radius 3 is 1.89 bits per heavy atom. The molecule has 4 aliphatic heterocycles. The Morgan fingerprint density at radius 1 is 0.722 bits per heavy atom. The molecule has 97 heavy (non-hydrogen) atoms. The second-order valence-electron chi connectivity index (χ2n) is 26.7. The average Bonchev–Trinajstić information content (AvgIpc) is 1.81. The molecule has 8 amide bonds. The number of nitrogens with zero attached hydrogens (tertiary/aromatic N) is 4. The number of aromatic hydroxyl groups is 1. The van der Waals surface area contributed by atoms with Crippen molar-refractivity contribution in [3.05, 3.63) is 29.8 Å². The summed E-state index contributed by atoms with van der Waals surface area (Å²) in [4.78, 5) is 138. The highest BCUT2D eigenvalue weighted by molar-refractivity contribution is 8.00. The second-order valence-corrected chi connectivity index (χ2v) is 30.1. The second kappa shape index (κ2) is 39.5. The quantitative estimate of drug-likeness (QED) is 0.0196. The molecule has 546 valence electrons. The molecule has 31 nitrogen and oxygen atoms in total. The first-order valence-corrected chi connectivity index (χ1v) is 36.4. The maximum Gasteiger partial charge on any atom is 0.326 e. The number of thioether (sulfide) groups is 1. The summed E-state index contributed by atoms with van der Waals surface area (Å²) in [5, 5.41) is 48.2. The number of carboxylic acid groups (broad SMARTS) is 1. The number of halogens is 1. The molecule has 4 heterocycles. The van der Waals surface area contributed by atoms with Crippen LogP contribution < -0.4 is 60.2 Å². The van der Waals surface area contributed by atoms with Gasteiger partial charge in [-0.05, 0) is 125 Å². The van der Waals surface area contributed by atoms with Crippen LogP contribution in [-0.2, 0) is 68.9 Å². The van der Waals surface area contributed by atoms with Crippen molar-refractivity contribution < 1.29 is 75.6 Å². The van der Waals surface area contributed by atoms with Gasteiger partial charge in [-0.2, -0.15) is 11.8 Å². The maximum atomic E-state index is 15.2.